The predicted molar refractivity (Wildman–Crippen MR) is 103 cm³/mol. The van der Waals surface area contributed by atoms with Crippen molar-refractivity contribution in [3.63, 3.8) is 0 Å². The van der Waals surface area contributed by atoms with Gasteiger partial charge in [-0.2, -0.15) is 0 Å². The number of amides is 1. The third-order valence-corrected chi connectivity index (χ3v) is 4.38. The van der Waals surface area contributed by atoms with E-state index in [1.54, 1.807) is 0 Å². The Hall–Kier alpha value is -2.88. The molecule has 0 atom stereocenters. The second-order valence-electron chi connectivity index (χ2n) is 7.49. The molecule has 4 nitrogen and oxygen atoms in total. The molecule has 0 saturated carbocycles. The van der Waals surface area contributed by atoms with Crippen LogP contribution in [0.2, 0.25) is 0 Å². The molecule has 2 aromatic carbocycles. The maximum Gasteiger partial charge on any atom is 0.336 e. The lowest BCUT2D eigenvalue weighted by Crippen LogP contribution is -2.25. The van der Waals surface area contributed by atoms with Gasteiger partial charge in [0.05, 0.1) is 6.42 Å². The zero-order chi connectivity index (χ0) is 18.7. The maximum absolute atomic E-state index is 12.2. The highest BCUT2D eigenvalue weighted by atomic mass is 16.4. The smallest absolute Gasteiger partial charge is 0.336 e. The normalized spacial score (nSPS) is 11.5. The molecule has 0 radical (unpaired) electrons. The van der Waals surface area contributed by atoms with Crippen LogP contribution in [0.3, 0.4) is 0 Å². The largest absolute Gasteiger partial charge is 0.423 e. The third kappa shape index (κ3) is 4.20. The SMILES string of the molecule is CC(C)(C)c1ccc2oc(=O)cc(CNC(=O)Cc3ccccc3)c2c1. The standard InChI is InChI=1S/C22H23NO3/c1-22(2,3)17-9-10-19-18(13-17)16(12-21(25)26-19)14-23-20(24)11-15-7-5-4-6-8-15/h4-10,12-13H,11,14H2,1-3H3,(H,23,24). The predicted octanol–water partition coefficient (Wildman–Crippen LogP) is 3.95. The van der Waals surface area contributed by atoms with Crippen LogP contribution in [0.25, 0.3) is 11.0 Å². The lowest BCUT2D eigenvalue weighted by Gasteiger charge is -2.19. The summed E-state index contributed by atoms with van der Waals surface area (Å²) in [5.74, 6) is -0.0791. The van der Waals surface area contributed by atoms with E-state index < -0.39 is 5.63 Å². The fourth-order valence-electron chi connectivity index (χ4n) is 2.88. The molecule has 1 N–H and O–H groups in total. The van der Waals surface area contributed by atoms with Crippen LogP contribution in [0.15, 0.2) is 63.8 Å². The van der Waals surface area contributed by atoms with Gasteiger partial charge in [0.1, 0.15) is 5.58 Å². The molecule has 1 amide bonds. The highest BCUT2D eigenvalue weighted by Gasteiger charge is 2.16. The molecule has 3 rings (SSSR count). The number of carbonyl (C=O) groups is 1. The summed E-state index contributed by atoms with van der Waals surface area (Å²) < 4.78 is 5.30. The molecule has 0 spiro atoms. The Morgan fingerprint density at radius 1 is 1.04 bits per heavy atom. The van der Waals surface area contributed by atoms with Crippen molar-refractivity contribution in [1.82, 2.24) is 5.32 Å². The Balaban J connectivity index is 1.84. The van der Waals surface area contributed by atoms with Crippen LogP contribution in [-0.2, 0) is 23.2 Å². The van der Waals surface area contributed by atoms with E-state index in [9.17, 15) is 9.59 Å². The molecule has 0 bridgehead atoms. The zero-order valence-electron chi connectivity index (χ0n) is 15.3. The summed E-state index contributed by atoms with van der Waals surface area (Å²) >= 11 is 0. The molecule has 0 aliphatic heterocycles. The average Bonchev–Trinajstić information content (AvgIpc) is 2.59. The van der Waals surface area contributed by atoms with Crippen molar-refractivity contribution in [3.05, 3.63) is 81.7 Å². The van der Waals surface area contributed by atoms with Gasteiger partial charge in [0, 0.05) is 18.0 Å². The van der Waals surface area contributed by atoms with Gasteiger partial charge < -0.3 is 9.73 Å². The van der Waals surface area contributed by atoms with Crippen LogP contribution in [0.5, 0.6) is 0 Å². The van der Waals surface area contributed by atoms with Crippen LogP contribution in [0.4, 0.5) is 0 Å². The highest BCUT2D eigenvalue weighted by molar-refractivity contribution is 5.83. The summed E-state index contributed by atoms with van der Waals surface area (Å²) in [5, 5.41) is 3.76. The number of carbonyl (C=O) groups excluding carboxylic acids is 1. The topological polar surface area (TPSA) is 59.3 Å². The molecule has 134 valence electrons. The molecule has 26 heavy (non-hydrogen) atoms. The Bertz CT molecular complexity index is 982. The van der Waals surface area contributed by atoms with Crippen molar-refractivity contribution < 1.29 is 9.21 Å². The molecule has 0 fully saturated rings. The van der Waals surface area contributed by atoms with Crippen LogP contribution in [0, 0.1) is 0 Å². The Kier molecular flexibility index (Phi) is 4.94. The first-order valence-electron chi connectivity index (χ1n) is 8.71. The molecule has 0 saturated heterocycles. The van der Waals surface area contributed by atoms with Crippen molar-refractivity contribution in [2.24, 2.45) is 0 Å². The maximum atomic E-state index is 12.2. The van der Waals surface area contributed by atoms with Gasteiger partial charge in [-0.1, -0.05) is 57.2 Å². The molecule has 0 unspecified atom stereocenters. The van der Waals surface area contributed by atoms with E-state index in [2.05, 4.69) is 26.1 Å². The number of hydrogen-bond acceptors (Lipinski definition) is 3. The second-order valence-corrected chi connectivity index (χ2v) is 7.49. The molecule has 0 aliphatic carbocycles. The van der Waals surface area contributed by atoms with Crippen molar-refractivity contribution >= 4 is 16.9 Å². The number of rotatable bonds is 4. The van der Waals surface area contributed by atoms with E-state index in [1.165, 1.54) is 6.07 Å². The van der Waals surface area contributed by atoms with E-state index in [0.717, 1.165) is 22.1 Å². The minimum absolute atomic E-state index is 0.0157. The van der Waals surface area contributed by atoms with Gasteiger partial charge in [-0.3, -0.25) is 4.79 Å². The Morgan fingerprint density at radius 3 is 2.46 bits per heavy atom. The first-order valence-corrected chi connectivity index (χ1v) is 8.71. The molecule has 3 aromatic rings. The summed E-state index contributed by atoms with van der Waals surface area (Å²) in [5.41, 5.74) is 2.99. The van der Waals surface area contributed by atoms with Gasteiger partial charge in [0.25, 0.3) is 0 Å². The minimum Gasteiger partial charge on any atom is -0.423 e. The van der Waals surface area contributed by atoms with Crippen molar-refractivity contribution in [2.75, 3.05) is 0 Å². The van der Waals surface area contributed by atoms with Crippen LogP contribution >= 0.6 is 0 Å². The van der Waals surface area contributed by atoms with Crippen LogP contribution in [0.1, 0.15) is 37.5 Å². The number of fused-ring (bicyclic) bond motifs is 1. The van der Waals surface area contributed by atoms with Crippen LogP contribution in [-0.4, -0.2) is 5.91 Å². The summed E-state index contributed by atoms with van der Waals surface area (Å²) in [4.78, 5) is 24.1. The highest BCUT2D eigenvalue weighted by Crippen LogP contribution is 2.27. The van der Waals surface area contributed by atoms with E-state index in [-0.39, 0.29) is 11.3 Å². The van der Waals surface area contributed by atoms with Gasteiger partial charge in [-0.15, -0.1) is 0 Å². The molecule has 4 heteroatoms. The van der Waals surface area contributed by atoms with Gasteiger partial charge in [0.15, 0.2) is 0 Å². The summed E-state index contributed by atoms with van der Waals surface area (Å²) in [6, 6.07) is 16.9. The monoisotopic (exact) mass is 349 g/mol. The van der Waals surface area contributed by atoms with Gasteiger partial charge in [-0.05, 0) is 34.2 Å². The minimum atomic E-state index is -0.409. The average molecular weight is 349 g/mol. The number of benzene rings is 2. The van der Waals surface area contributed by atoms with E-state index in [4.69, 9.17) is 4.42 Å². The molecule has 1 heterocycles. The summed E-state index contributed by atoms with van der Waals surface area (Å²) in [7, 11) is 0. The van der Waals surface area contributed by atoms with E-state index in [0.29, 0.717) is 18.5 Å². The molecular weight excluding hydrogens is 326 g/mol. The van der Waals surface area contributed by atoms with Crippen LogP contribution < -0.4 is 10.9 Å². The second kappa shape index (κ2) is 7.16. The molecular formula is C22H23NO3. The lowest BCUT2D eigenvalue weighted by molar-refractivity contribution is -0.120. The van der Waals surface area contributed by atoms with Gasteiger partial charge in [-0.25, -0.2) is 4.79 Å². The molecule has 0 aliphatic rings. The van der Waals surface area contributed by atoms with E-state index >= 15 is 0 Å². The summed E-state index contributed by atoms with van der Waals surface area (Å²) in [6.07, 6.45) is 0.313. The Labute approximate surface area is 152 Å². The Morgan fingerprint density at radius 2 is 1.77 bits per heavy atom. The fourth-order valence-corrected chi connectivity index (χ4v) is 2.88. The van der Waals surface area contributed by atoms with E-state index in [1.807, 2.05) is 48.5 Å². The van der Waals surface area contributed by atoms with Crippen molar-refractivity contribution in [1.29, 1.82) is 0 Å². The van der Waals surface area contributed by atoms with Gasteiger partial charge in [0.2, 0.25) is 5.91 Å². The first kappa shape index (κ1) is 17.9. The first-order chi connectivity index (χ1) is 12.3. The number of nitrogens with one attached hydrogen (secondary N) is 1. The summed E-state index contributed by atoms with van der Waals surface area (Å²) in [6.45, 7) is 6.69. The van der Waals surface area contributed by atoms with Crippen molar-refractivity contribution in [2.45, 2.75) is 39.2 Å². The fraction of sp³-hybridized carbons (Fsp3) is 0.273. The number of hydrogen-bond donors (Lipinski definition) is 1. The lowest BCUT2D eigenvalue weighted by atomic mass is 9.86. The zero-order valence-corrected chi connectivity index (χ0v) is 15.3. The van der Waals surface area contributed by atoms with Gasteiger partial charge >= 0.3 is 5.63 Å². The third-order valence-electron chi connectivity index (χ3n) is 4.38. The van der Waals surface area contributed by atoms with Crippen molar-refractivity contribution in [3.8, 4) is 0 Å². The quantitative estimate of drug-likeness (QED) is 0.726. The molecule has 1 aromatic heterocycles.